The van der Waals surface area contributed by atoms with Crippen LogP contribution in [0.3, 0.4) is 0 Å². The number of nitriles is 1. The van der Waals surface area contributed by atoms with E-state index in [0.29, 0.717) is 4.47 Å². The second-order valence-electron chi connectivity index (χ2n) is 4.34. The number of ketones is 1. The Morgan fingerprint density at radius 3 is 2.55 bits per heavy atom. The van der Waals surface area contributed by atoms with Gasteiger partial charge in [-0.15, -0.1) is 0 Å². The van der Waals surface area contributed by atoms with Gasteiger partial charge >= 0.3 is 10.1 Å². The number of hydrogen-bond donors (Lipinski definition) is 0. The number of carbonyl (C=O) groups excluding carboxylic acids is 1. The molecule has 0 bridgehead atoms. The molecule has 0 aliphatic carbocycles. The number of Topliss-reactive ketones (excluding diaryl/α,β-unsaturated/α-hetero) is 1. The quantitative estimate of drug-likeness (QED) is 0.600. The Morgan fingerprint density at radius 2 is 1.91 bits per heavy atom. The maximum Gasteiger partial charge on any atom is 0.340 e. The van der Waals surface area contributed by atoms with Crippen LogP contribution in [0.2, 0.25) is 0 Å². The number of hydrogen-bond acceptors (Lipinski definition) is 5. The summed E-state index contributed by atoms with van der Waals surface area (Å²) in [5.41, 5.74) is 0.108. The summed E-state index contributed by atoms with van der Waals surface area (Å²) in [6.07, 6.45) is 0. The van der Waals surface area contributed by atoms with Gasteiger partial charge in [0.15, 0.2) is 11.5 Å². The van der Waals surface area contributed by atoms with Gasteiger partial charge in [0.2, 0.25) is 0 Å². The summed E-state index contributed by atoms with van der Waals surface area (Å²) in [7, 11) is -4.21. The van der Waals surface area contributed by atoms with Gasteiger partial charge in [-0.05, 0) is 37.3 Å². The molecule has 2 aromatic carbocycles. The fraction of sp³-hybridized carbons (Fsp3) is 0.0667. The molecule has 0 fully saturated rings. The van der Waals surface area contributed by atoms with Crippen LogP contribution in [-0.4, -0.2) is 14.2 Å². The van der Waals surface area contributed by atoms with Gasteiger partial charge in [-0.3, -0.25) is 4.79 Å². The second-order valence-corrected chi connectivity index (χ2v) is 6.77. The zero-order valence-corrected chi connectivity index (χ0v) is 13.8. The monoisotopic (exact) mass is 379 g/mol. The SMILES string of the molecule is CC(=O)c1cc(Br)ccc1OS(=O)(=O)c1ccccc1C#N. The van der Waals surface area contributed by atoms with E-state index in [0.717, 1.165) is 0 Å². The molecule has 112 valence electrons. The Morgan fingerprint density at radius 1 is 1.23 bits per heavy atom. The van der Waals surface area contributed by atoms with E-state index in [-0.39, 0.29) is 27.6 Å². The number of halogens is 1. The number of benzene rings is 2. The molecule has 7 heteroatoms. The Labute approximate surface area is 136 Å². The van der Waals surface area contributed by atoms with Crippen molar-refractivity contribution in [3.63, 3.8) is 0 Å². The van der Waals surface area contributed by atoms with Crippen LogP contribution in [0.4, 0.5) is 0 Å². The molecule has 0 aliphatic rings. The van der Waals surface area contributed by atoms with Gasteiger partial charge in [0.1, 0.15) is 11.0 Å². The molecule has 0 aliphatic heterocycles. The summed E-state index contributed by atoms with van der Waals surface area (Å²) in [4.78, 5) is 11.4. The number of carbonyl (C=O) groups is 1. The normalized spacial score (nSPS) is 10.8. The standard InChI is InChI=1S/C15H10BrNO4S/c1-10(18)13-8-12(16)6-7-14(13)21-22(19,20)15-5-3-2-4-11(15)9-17/h2-8H,1H3. The number of rotatable bonds is 4. The highest BCUT2D eigenvalue weighted by molar-refractivity contribution is 9.10. The van der Waals surface area contributed by atoms with Crippen LogP contribution in [0.25, 0.3) is 0 Å². The van der Waals surface area contributed by atoms with Crippen molar-refractivity contribution in [2.75, 3.05) is 0 Å². The molecule has 0 amide bonds. The predicted molar refractivity (Wildman–Crippen MR) is 83.1 cm³/mol. The zero-order chi connectivity index (χ0) is 16.3. The Bertz CT molecular complexity index is 885. The van der Waals surface area contributed by atoms with E-state index in [4.69, 9.17) is 9.44 Å². The van der Waals surface area contributed by atoms with E-state index in [2.05, 4.69) is 15.9 Å². The van der Waals surface area contributed by atoms with Crippen molar-refractivity contribution in [1.29, 1.82) is 5.26 Å². The summed E-state index contributed by atoms with van der Waals surface area (Å²) < 4.78 is 30.4. The van der Waals surface area contributed by atoms with Crippen LogP contribution < -0.4 is 4.18 Å². The van der Waals surface area contributed by atoms with Gasteiger partial charge in [-0.25, -0.2) is 0 Å². The minimum atomic E-state index is -4.21. The van der Waals surface area contributed by atoms with E-state index in [1.54, 1.807) is 18.2 Å². The summed E-state index contributed by atoms with van der Waals surface area (Å²) >= 11 is 3.21. The van der Waals surface area contributed by atoms with Gasteiger partial charge in [0, 0.05) is 4.47 Å². The second kappa shape index (κ2) is 6.30. The van der Waals surface area contributed by atoms with Crippen LogP contribution in [0.15, 0.2) is 51.8 Å². The lowest BCUT2D eigenvalue weighted by atomic mass is 10.1. The van der Waals surface area contributed by atoms with Crippen molar-refractivity contribution in [2.45, 2.75) is 11.8 Å². The first-order chi connectivity index (χ1) is 10.3. The third kappa shape index (κ3) is 3.35. The van der Waals surface area contributed by atoms with Gasteiger partial charge in [-0.2, -0.15) is 13.7 Å². The fourth-order valence-electron chi connectivity index (χ4n) is 1.79. The highest BCUT2D eigenvalue weighted by atomic mass is 79.9. The average molecular weight is 380 g/mol. The molecule has 0 aromatic heterocycles. The van der Waals surface area contributed by atoms with Crippen molar-refractivity contribution in [2.24, 2.45) is 0 Å². The van der Waals surface area contributed by atoms with Crippen LogP contribution in [0.5, 0.6) is 5.75 Å². The molecular formula is C15H10BrNO4S. The molecule has 2 aromatic rings. The van der Waals surface area contributed by atoms with Crippen molar-refractivity contribution in [1.82, 2.24) is 0 Å². The van der Waals surface area contributed by atoms with Crippen molar-refractivity contribution in [3.8, 4) is 11.8 Å². The van der Waals surface area contributed by atoms with Crippen molar-refractivity contribution in [3.05, 3.63) is 58.1 Å². The van der Waals surface area contributed by atoms with E-state index in [1.807, 2.05) is 0 Å². The van der Waals surface area contributed by atoms with Crippen LogP contribution >= 0.6 is 15.9 Å². The maximum absolute atomic E-state index is 12.3. The average Bonchev–Trinajstić information content (AvgIpc) is 2.48. The highest BCUT2D eigenvalue weighted by Gasteiger charge is 2.23. The molecular weight excluding hydrogens is 370 g/mol. The Balaban J connectivity index is 2.51. The summed E-state index contributed by atoms with van der Waals surface area (Å²) in [6.45, 7) is 1.31. The van der Waals surface area contributed by atoms with Crippen molar-refractivity contribution < 1.29 is 17.4 Å². The minimum Gasteiger partial charge on any atom is -0.378 e. The Hall–Kier alpha value is -2.17. The summed E-state index contributed by atoms with van der Waals surface area (Å²) in [5.74, 6) is -0.413. The first kappa shape index (κ1) is 16.2. The minimum absolute atomic E-state index is 0.0241. The lowest BCUT2D eigenvalue weighted by molar-refractivity contribution is 0.101. The fourth-order valence-corrected chi connectivity index (χ4v) is 3.25. The highest BCUT2D eigenvalue weighted by Crippen LogP contribution is 2.27. The topological polar surface area (TPSA) is 84.2 Å². The molecule has 0 radical (unpaired) electrons. The van der Waals surface area contributed by atoms with Crippen LogP contribution in [-0.2, 0) is 10.1 Å². The first-order valence-electron chi connectivity index (χ1n) is 6.09. The van der Waals surface area contributed by atoms with Gasteiger partial charge in [0.25, 0.3) is 0 Å². The summed E-state index contributed by atoms with van der Waals surface area (Å²) in [5, 5.41) is 9.00. The number of nitrogens with zero attached hydrogens (tertiary/aromatic N) is 1. The van der Waals surface area contributed by atoms with Crippen molar-refractivity contribution >= 4 is 31.8 Å². The third-order valence-electron chi connectivity index (χ3n) is 2.80. The molecule has 0 heterocycles. The largest absolute Gasteiger partial charge is 0.378 e. The Kier molecular flexibility index (Phi) is 4.64. The van der Waals surface area contributed by atoms with E-state index >= 15 is 0 Å². The van der Waals surface area contributed by atoms with Gasteiger partial charge < -0.3 is 4.18 Å². The summed E-state index contributed by atoms with van der Waals surface area (Å²) in [6, 6.07) is 11.9. The molecule has 0 atom stereocenters. The molecule has 0 saturated carbocycles. The molecule has 0 saturated heterocycles. The van der Waals surface area contributed by atoms with E-state index in [9.17, 15) is 13.2 Å². The first-order valence-corrected chi connectivity index (χ1v) is 8.29. The van der Waals surface area contributed by atoms with E-state index < -0.39 is 10.1 Å². The molecule has 0 unspecified atom stereocenters. The molecule has 0 N–H and O–H groups in total. The molecule has 2 rings (SSSR count). The van der Waals surface area contributed by atoms with Crippen LogP contribution in [0.1, 0.15) is 22.8 Å². The maximum atomic E-state index is 12.3. The lowest BCUT2D eigenvalue weighted by Crippen LogP contribution is -2.13. The molecule has 5 nitrogen and oxygen atoms in total. The van der Waals surface area contributed by atoms with Gasteiger partial charge in [0.05, 0.1) is 11.1 Å². The van der Waals surface area contributed by atoms with Crippen LogP contribution in [0, 0.1) is 11.3 Å². The predicted octanol–water partition coefficient (Wildman–Crippen LogP) is 3.29. The third-order valence-corrected chi connectivity index (χ3v) is 4.58. The van der Waals surface area contributed by atoms with Gasteiger partial charge in [-0.1, -0.05) is 28.1 Å². The zero-order valence-electron chi connectivity index (χ0n) is 11.4. The lowest BCUT2D eigenvalue weighted by Gasteiger charge is -2.11. The molecule has 0 spiro atoms. The van der Waals surface area contributed by atoms with E-state index in [1.165, 1.54) is 37.3 Å². The molecule has 22 heavy (non-hydrogen) atoms. The smallest absolute Gasteiger partial charge is 0.340 e.